The van der Waals surface area contributed by atoms with Crippen molar-refractivity contribution in [1.82, 2.24) is 0 Å². The monoisotopic (exact) mass is 147 g/mol. The van der Waals surface area contributed by atoms with Gasteiger partial charge in [-0.05, 0) is 0 Å². The molecule has 0 saturated heterocycles. The molecule has 0 fully saturated rings. The second-order valence-corrected chi connectivity index (χ2v) is 3.32. The number of nitrogens with two attached hydrogens (primary N) is 1. The SMILES string of the molecule is CC(C)(C)C(N)(O)C(=O)O. The molecule has 0 aromatic rings. The first-order chi connectivity index (χ1) is 4.19. The average Bonchev–Trinajstić information content (AvgIpc) is 1.62. The number of rotatable bonds is 1. The van der Waals surface area contributed by atoms with Crippen LogP contribution in [0.2, 0.25) is 0 Å². The molecular formula is C6H13NO3. The molecule has 0 aromatic heterocycles. The van der Waals surface area contributed by atoms with E-state index in [0.717, 1.165) is 0 Å². The fourth-order valence-corrected chi connectivity index (χ4v) is 0.321. The normalized spacial score (nSPS) is 18.1. The molecule has 0 rings (SSSR count). The molecular weight excluding hydrogens is 134 g/mol. The quantitative estimate of drug-likeness (QED) is 0.447. The highest BCUT2D eigenvalue weighted by Gasteiger charge is 2.43. The molecule has 0 amide bonds. The van der Waals surface area contributed by atoms with Crippen LogP contribution in [0.4, 0.5) is 0 Å². The van der Waals surface area contributed by atoms with Crippen LogP contribution in [0.5, 0.6) is 0 Å². The first kappa shape index (κ1) is 9.39. The number of hydrogen-bond donors (Lipinski definition) is 3. The van der Waals surface area contributed by atoms with E-state index in [9.17, 15) is 4.79 Å². The van der Waals surface area contributed by atoms with Crippen molar-refractivity contribution in [3.05, 3.63) is 0 Å². The Morgan fingerprint density at radius 3 is 1.70 bits per heavy atom. The van der Waals surface area contributed by atoms with E-state index in [1.165, 1.54) is 0 Å². The summed E-state index contributed by atoms with van der Waals surface area (Å²) in [5.41, 5.74) is 2.10. The fraction of sp³-hybridized carbons (Fsp3) is 0.833. The summed E-state index contributed by atoms with van der Waals surface area (Å²) in [5, 5.41) is 17.5. The number of aliphatic hydroxyl groups is 1. The highest BCUT2D eigenvalue weighted by atomic mass is 16.4. The van der Waals surface area contributed by atoms with Crippen molar-refractivity contribution in [2.45, 2.75) is 26.5 Å². The van der Waals surface area contributed by atoms with E-state index in [2.05, 4.69) is 0 Å². The summed E-state index contributed by atoms with van der Waals surface area (Å²) in [6, 6.07) is 0. The third kappa shape index (κ3) is 1.46. The molecule has 0 bridgehead atoms. The minimum Gasteiger partial charge on any atom is -0.478 e. The molecule has 0 radical (unpaired) electrons. The van der Waals surface area contributed by atoms with Gasteiger partial charge in [0, 0.05) is 5.41 Å². The summed E-state index contributed by atoms with van der Waals surface area (Å²) in [4.78, 5) is 10.3. The lowest BCUT2D eigenvalue weighted by molar-refractivity contribution is -0.170. The molecule has 60 valence electrons. The summed E-state index contributed by atoms with van der Waals surface area (Å²) < 4.78 is 0. The average molecular weight is 147 g/mol. The van der Waals surface area contributed by atoms with Crippen LogP contribution in [0.15, 0.2) is 0 Å². The number of hydrogen-bond acceptors (Lipinski definition) is 3. The largest absolute Gasteiger partial charge is 0.478 e. The van der Waals surface area contributed by atoms with Crippen molar-refractivity contribution in [1.29, 1.82) is 0 Å². The van der Waals surface area contributed by atoms with Crippen LogP contribution >= 0.6 is 0 Å². The van der Waals surface area contributed by atoms with E-state index >= 15 is 0 Å². The van der Waals surface area contributed by atoms with Crippen molar-refractivity contribution >= 4 is 5.97 Å². The number of carbonyl (C=O) groups is 1. The lowest BCUT2D eigenvalue weighted by atomic mass is 9.84. The zero-order valence-corrected chi connectivity index (χ0v) is 6.38. The van der Waals surface area contributed by atoms with Crippen molar-refractivity contribution in [2.75, 3.05) is 0 Å². The second kappa shape index (κ2) is 2.21. The molecule has 4 N–H and O–H groups in total. The zero-order valence-electron chi connectivity index (χ0n) is 6.38. The highest BCUT2D eigenvalue weighted by molar-refractivity contribution is 5.77. The molecule has 1 unspecified atom stereocenters. The maximum atomic E-state index is 10.3. The molecule has 0 aliphatic carbocycles. The van der Waals surface area contributed by atoms with Crippen LogP contribution in [0.1, 0.15) is 20.8 Å². The van der Waals surface area contributed by atoms with Crippen LogP contribution in [0.3, 0.4) is 0 Å². The lowest BCUT2D eigenvalue weighted by Crippen LogP contribution is -2.57. The molecule has 0 saturated carbocycles. The van der Waals surface area contributed by atoms with Gasteiger partial charge in [0.15, 0.2) is 0 Å². The summed E-state index contributed by atoms with van der Waals surface area (Å²) in [7, 11) is 0. The molecule has 4 nitrogen and oxygen atoms in total. The van der Waals surface area contributed by atoms with Gasteiger partial charge in [-0.1, -0.05) is 20.8 Å². The molecule has 0 aromatic carbocycles. The van der Waals surface area contributed by atoms with Gasteiger partial charge in [-0.3, -0.25) is 5.73 Å². The number of carboxylic acids is 1. The molecule has 0 spiro atoms. The molecule has 0 aliphatic rings. The van der Waals surface area contributed by atoms with E-state index < -0.39 is 17.1 Å². The fourth-order valence-electron chi connectivity index (χ4n) is 0.321. The van der Waals surface area contributed by atoms with Gasteiger partial charge in [0.2, 0.25) is 5.72 Å². The van der Waals surface area contributed by atoms with Gasteiger partial charge in [0.05, 0.1) is 0 Å². The topological polar surface area (TPSA) is 83.5 Å². The minimum absolute atomic E-state index is 0.848. The molecule has 1 atom stereocenters. The maximum Gasteiger partial charge on any atom is 0.351 e. The highest BCUT2D eigenvalue weighted by Crippen LogP contribution is 2.25. The third-order valence-electron chi connectivity index (χ3n) is 1.47. The van der Waals surface area contributed by atoms with E-state index in [1.54, 1.807) is 20.8 Å². The first-order valence-electron chi connectivity index (χ1n) is 2.94. The van der Waals surface area contributed by atoms with Gasteiger partial charge in [-0.15, -0.1) is 0 Å². The zero-order chi connectivity index (χ0) is 8.58. The lowest BCUT2D eigenvalue weighted by Gasteiger charge is -2.31. The Bertz CT molecular complexity index is 146. The predicted molar refractivity (Wildman–Crippen MR) is 36.2 cm³/mol. The van der Waals surface area contributed by atoms with Crippen LogP contribution in [-0.2, 0) is 4.79 Å². The third-order valence-corrected chi connectivity index (χ3v) is 1.47. The van der Waals surface area contributed by atoms with Gasteiger partial charge in [0.25, 0.3) is 0 Å². The van der Waals surface area contributed by atoms with Gasteiger partial charge >= 0.3 is 5.97 Å². The van der Waals surface area contributed by atoms with Crippen molar-refractivity contribution in [3.8, 4) is 0 Å². The van der Waals surface area contributed by atoms with Gasteiger partial charge < -0.3 is 10.2 Å². The van der Waals surface area contributed by atoms with Crippen molar-refractivity contribution in [2.24, 2.45) is 11.1 Å². The first-order valence-corrected chi connectivity index (χ1v) is 2.94. The van der Waals surface area contributed by atoms with E-state index in [1.807, 2.05) is 0 Å². The summed E-state index contributed by atoms with van der Waals surface area (Å²) in [6.45, 7) is 4.67. The Balaban J connectivity index is 4.57. The summed E-state index contributed by atoms with van der Waals surface area (Å²) in [6.07, 6.45) is 0. The van der Waals surface area contributed by atoms with Gasteiger partial charge in [0.1, 0.15) is 0 Å². The minimum atomic E-state index is -2.15. The van der Waals surface area contributed by atoms with E-state index in [-0.39, 0.29) is 0 Å². The number of aliphatic carboxylic acids is 1. The smallest absolute Gasteiger partial charge is 0.351 e. The van der Waals surface area contributed by atoms with Crippen LogP contribution in [0.25, 0.3) is 0 Å². The van der Waals surface area contributed by atoms with Gasteiger partial charge in [-0.25, -0.2) is 4.79 Å². The number of carboxylic acid groups (broad SMARTS) is 1. The van der Waals surface area contributed by atoms with Gasteiger partial charge in [-0.2, -0.15) is 0 Å². The molecule has 0 aliphatic heterocycles. The standard InChI is InChI=1S/C6H13NO3/c1-5(2,3)6(7,10)4(8)9/h10H,7H2,1-3H3,(H,8,9). The van der Waals surface area contributed by atoms with Crippen LogP contribution in [-0.4, -0.2) is 21.9 Å². The molecule has 0 heterocycles. The van der Waals surface area contributed by atoms with Crippen molar-refractivity contribution in [3.63, 3.8) is 0 Å². The Kier molecular flexibility index (Phi) is 2.08. The van der Waals surface area contributed by atoms with Crippen molar-refractivity contribution < 1.29 is 15.0 Å². The van der Waals surface area contributed by atoms with E-state index in [0.29, 0.717) is 0 Å². The molecule has 10 heavy (non-hydrogen) atoms. The summed E-state index contributed by atoms with van der Waals surface area (Å²) >= 11 is 0. The van der Waals surface area contributed by atoms with Crippen LogP contribution in [0, 0.1) is 5.41 Å². The summed E-state index contributed by atoms with van der Waals surface area (Å²) in [5.74, 6) is -1.40. The Hall–Kier alpha value is -0.610. The maximum absolute atomic E-state index is 10.3. The molecule has 4 heteroatoms. The Morgan fingerprint density at radius 2 is 1.70 bits per heavy atom. The van der Waals surface area contributed by atoms with Crippen LogP contribution < -0.4 is 5.73 Å². The second-order valence-electron chi connectivity index (χ2n) is 3.32. The predicted octanol–water partition coefficient (Wildman–Crippen LogP) is -0.236. The Morgan fingerprint density at radius 1 is 1.40 bits per heavy atom. The van der Waals surface area contributed by atoms with E-state index in [4.69, 9.17) is 15.9 Å². The Labute approximate surface area is 59.7 Å².